The molecule has 16 heteroatoms. The summed E-state index contributed by atoms with van der Waals surface area (Å²) >= 11 is 0. The smallest absolute Gasteiger partial charge is 0.450 e. The summed E-state index contributed by atoms with van der Waals surface area (Å²) in [7, 11) is 0. The molecular formula is C35H39F6N3O7. The molecule has 3 aromatic carbocycles. The predicted molar refractivity (Wildman–Crippen MR) is 172 cm³/mol. The number of nitrogens with one attached hydrogen (secondary N) is 2. The molecule has 3 amide bonds. The largest absolute Gasteiger partial charge is 0.573 e. The zero-order valence-corrected chi connectivity index (χ0v) is 28.1. The van der Waals surface area contributed by atoms with Crippen molar-refractivity contribution < 1.29 is 59.7 Å². The van der Waals surface area contributed by atoms with Gasteiger partial charge in [0.05, 0.1) is 6.61 Å². The van der Waals surface area contributed by atoms with Crippen LogP contribution < -0.4 is 20.1 Å². The minimum Gasteiger partial charge on any atom is -0.450 e. The Kier molecular flexibility index (Phi) is 14.4. The minimum absolute atomic E-state index is 0.0103. The van der Waals surface area contributed by atoms with Crippen molar-refractivity contribution in [2.45, 2.75) is 84.0 Å². The molecule has 0 radical (unpaired) electrons. The zero-order valence-electron chi connectivity index (χ0n) is 28.1. The van der Waals surface area contributed by atoms with Gasteiger partial charge in [-0.05, 0) is 81.0 Å². The quantitative estimate of drug-likeness (QED) is 0.120. The number of ether oxygens (including phenoxy) is 4. The van der Waals surface area contributed by atoms with Crippen molar-refractivity contribution in [3.8, 4) is 11.5 Å². The molecule has 1 atom stereocenters. The number of hydrogen-bond acceptors (Lipinski definition) is 7. The van der Waals surface area contributed by atoms with E-state index in [0.717, 1.165) is 29.8 Å². The first-order valence-electron chi connectivity index (χ1n) is 15.8. The van der Waals surface area contributed by atoms with Crippen LogP contribution >= 0.6 is 0 Å². The van der Waals surface area contributed by atoms with E-state index in [1.54, 1.807) is 20.8 Å². The third-order valence-corrected chi connectivity index (χ3v) is 6.76. The van der Waals surface area contributed by atoms with Gasteiger partial charge in [0, 0.05) is 19.6 Å². The first-order valence-corrected chi connectivity index (χ1v) is 15.8. The average Bonchev–Trinajstić information content (AvgIpc) is 3.02. The predicted octanol–water partition coefficient (Wildman–Crippen LogP) is 8.00. The highest BCUT2D eigenvalue weighted by Crippen LogP contribution is 2.25. The highest BCUT2D eigenvalue weighted by molar-refractivity contribution is 5.85. The van der Waals surface area contributed by atoms with Crippen molar-refractivity contribution in [1.82, 2.24) is 15.5 Å². The number of halogens is 6. The Labute approximate surface area is 291 Å². The normalized spacial score (nSPS) is 12.3. The Hall–Kier alpha value is -5.15. The third-order valence-electron chi connectivity index (χ3n) is 6.76. The molecule has 0 saturated carbocycles. The number of carbonyl (C=O) groups is 3. The van der Waals surface area contributed by atoms with E-state index in [9.17, 15) is 40.7 Å². The van der Waals surface area contributed by atoms with Crippen LogP contribution in [0.1, 0.15) is 56.7 Å². The average molecular weight is 728 g/mol. The second-order valence-corrected chi connectivity index (χ2v) is 12.2. The molecule has 0 fully saturated rings. The van der Waals surface area contributed by atoms with E-state index in [1.165, 1.54) is 29.2 Å². The molecule has 0 heterocycles. The lowest BCUT2D eigenvalue weighted by Gasteiger charge is -2.29. The van der Waals surface area contributed by atoms with Crippen LogP contribution in [0, 0.1) is 0 Å². The molecule has 0 aromatic heterocycles. The van der Waals surface area contributed by atoms with E-state index in [-0.39, 0.29) is 32.7 Å². The van der Waals surface area contributed by atoms with Gasteiger partial charge in [-0.25, -0.2) is 9.59 Å². The number of benzene rings is 3. The minimum atomic E-state index is -4.91. The lowest BCUT2D eigenvalue weighted by Crippen LogP contribution is -2.49. The second-order valence-electron chi connectivity index (χ2n) is 12.2. The summed E-state index contributed by atoms with van der Waals surface area (Å²) in [5.41, 5.74) is 0.755. The van der Waals surface area contributed by atoms with Crippen LogP contribution in [0.4, 0.5) is 35.9 Å². The number of alkyl halides is 6. The summed E-state index contributed by atoms with van der Waals surface area (Å²) in [6.07, 6.45) is -10.7. The van der Waals surface area contributed by atoms with Crippen LogP contribution in [0.3, 0.4) is 0 Å². The van der Waals surface area contributed by atoms with Crippen LogP contribution in [0.2, 0.25) is 0 Å². The van der Waals surface area contributed by atoms with Crippen LogP contribution in [0.25, 0.3) is 0 Å². The number of nitrogens with zero attached hydrogens (tertiary/aromatic N) is 1. The van der Waals surface area contributed by atoms with Crippen molar-refractivity contribution in [3.05, 3.63) is 95.6 Å². The van der Waals surface area contributed by atoms with Gasteiger partial charge in [0.2, 0.25) is 5.91 Å². The van der Waals surface area contributed by atoms with E-state index in [4.69, 9.17) is 9.47 Å². The topological polar surface area (TPSA) is 115 Å². The van der Waals surface area contributed by atoms with E-state index in [1.807, 2.05) is 30.3 Å². The SMILES string of the molecule is CC(C)(C)OC(=O)N[C@@H](CCCCOC(=O)NCc1ccccc1)C(=O)N(Cc1ccc(OC(F)(F)F)cc1)Cc1ccc(OC(F)(F)F)cc1. The van der Waals surface area contributed by atoms with Gasteiger partial charge >= 0.3 is 24.9 Å². The molecule has 0 bridgehead atoms. The summed E-state index contributed by atoms with van der Waals surface area (Å²) < 4.78 is 94.5. The maximum absolute atomic E-state index is 14.1. The Morgan fingerprint density at radius 1 is 0.686 bits per heavy atom. The van der Waals surface area contributed by atoms with Gasteiger partial charge in [0.15, 0.2) is 0 Å². The first kappa shape index (κ1) is 40.3. The van der Waals surface area contributed by atoms with Gasteiger partial charge in [-0.3, -0.25) is 4.79 Å². The van der Waals surface area contributed by atoms with Gasteiger partial charge in [0.1, 0.15) is 23.1 Å². The van der Waals surface area contributed by atoms with E-state index < -0.39 is 54.0 Å². The summed E-state index contributed by atoms with van der Waals surface area (Å²) in [6.45, 7) is 4.85. The molecule has 278 valence electrons. The molecule has 51 heavy (non-hydrogen) atoms. The molecule has 10 nitrogen and oxygen atoms in total. The lowest BCUT2D eigenvalue weighted by atomic mass is 10.1. The fraction of sp³-hybridized carbons (Fsp3) is 0.400. The first-order chi connectivity index (χ1) is 23.8. The Morgan fingerprint density at radius 3 is 1.67 bits per heavy atom. The monoisotopic (exact) mass is 727 g/mol. The van der Waals surface area contributed by atoms with Crippen molar-refractivity contribution in [3.63, 3.8) is 0 Å². The lowest BCUT2D eigenvalue weighted by molar-refractivity contribution is -0.275. The van der Waals surface area contributed by atoms with Crippen LogP contribution in [0.5, 0.6) is 11.5 Å². The summed E-state index contributed by atoms with van der Waals surface area (Å²) in [5.74, 6) is -1.58. The number of unbranched alkanes of at least 4 members (excludes halogenated alkanes) is 1. The maximum Gasteiger partial charge on any atom is 0.573 e. The number of carbonyl (C=O) groups excluding carboxylic acids is 3. The Bertz CT molecular complexity index is 1480. The fourth-order valence-electron chi connectivity index (χ4n) is 4.61. The number of hydrogen-bond donors (Lipinski definition) is 2. The summed E-state index contributed by atoms with van der Waals surface area (Å²) in [4.78, 5) is 40.3. The van der Waals surface area contributed by atoms with Crippen LogP contribution in [-0.4, -0.2) is 54.0 Å². The van der Waals surface area contributed by atoms with Crippen LogP contribution in [-0.2, 0) is 33.9 Å². The standard InChI is InChI=1S/C35H39F6N3O7/c1-33(2,3)51-32(47)43-29(11-7-8-20-48-31(46)42-21-24-9-5-4-6-10-24)30(45)44(22-25-12-16-27(17-13-25)49-34(36,37)38)23-26-14-18-28(19-15-26)50-35(39,40)41/h4-6,9-10,12-19,29H,7-8,11,20-23H2,1-3H3,(H,42,46)(H,43,47)/t29-/m0/s1. The molecule has 0 spiro atoms. The highest BCUT2D eigenvalue weighted by atomic mass is 19.4. The molecule has 0 aliphatic heterocycles. The Morgan fingerprint density at radius 2 is 1.20 bits per heavy atom. The van der Waals surface area contributed by atoms with Gasteiger partial charge in [0.25, 0.3) is 0 Å². The highest BCUT2D eigenvalue weighted by Gasteiger charge is 2.32. The van der Waals surface area contributed by atoms with Crippen molar-refractivity contribution in [1.29, 1.82) is 0 Å². The van der Waals surface area contributed by atoms with E-state index >= 15 is 0 Å². The van der Waals surface area contributed by atoms with Crippen molar-refractivity contribution >= 4 is 18.1 Å². The molecule has 2 N–H and O–H groups in total. The molecule has 0 aliphatic carbocycles. The molecule has 3 rings (SSSR count). The number of alkyl carbamates (subject to hydrolysis) is 2. The molecule has 0 unspecified atom stereocenters. The van der Waals surface area contributed by atoms with Crippen LogP contribution in [0.15, 0.2) is 78.9 Å². The third kappa shape index (κ3) is 16.4. The van der Waals surface area contributed by atoms with E-state index in [2.05, 4.69) is 20.1 Å². The fourth-order valence-corrected chi connectivity index (χ4v) is 4.61. The van der Waals surface area contributed by atoms with E-state index in [0.29, 0.717) is 24.0 Å². The summed E-state index contributed by atoms with van der Waals surface area (Å²) in [6, 6.07) is 17.6. The maximum atomic E-state index is 14.1. The van der Waals surface area contributed by atoms with Gasteiger partial charge < -0.3 is 34.5 Å². The van der Waals surface area contributed by atoms with Gasteiger partial charge in [-0.2, -0.15) is 0 Å². The molecule has 3 aromatic rings. The van der Waals surface area contributed by atoms with Crippen molar-refractivity contribution in [2.24, 2.45) is 0 Å². The molecular weight excluding hydrogens is 688 g/mol. The van der Waals surface area contributed by atoms with Gasteiger partial charge in [-0.1, -0.05) is 54.6 Å². The Balaban J connectivity index is 1.75. The second kappa shape index (κ2) is 18.2. The van der Waals surface area contributed by atoms with Crippen molar-refractivity contribution in [2.75, 3.05) is 6.61 Å². The molecule has 0 aliphatic rings. The molecule has 0 saturated heterocycles. The number of amides is 3. The number of rotatable bonds is 15. The van der Waals surface area contributed by atoms with Gasteiger partial charge in [-0.15, -0.1) is 26.3 Å². The zero-order chi connectivity index (χ0) is 37.7. The summed E-state index contributed by atoms with van der Waals surface area (Å²) in [5, 5.41) is 5.20.